The van der Waals surface area contributed by atoms with E-state index in [2.05, 4.69) is 15.5 Å². The summed E-state index contributed by atoms with van der Waals surface area (Å²) in [4.78, 5) is 25.0. The molecule has 35 heavy (non-hydrogen) atoms. The Kier molecular flexibility index (Phi) is 8.55. The molecule has 0 unspecified atom stereocenters. The quantitative estimate of drug-likeness (QED) is 0.239. The molecule has 0 saturated carbocycles. The lowest BCUT2D eigenvalue weighted by molar-refractivity contribution is 0.101. The lowest BCUT2D eigenvalue weighted by Crippen LogP contribution is -2.32. The van der Waals surface area contributed by atoms with Crippen molar-refractivity contribution < 1.29 is 18.0 Å². The molecule has 2 aromatic carbocycles. The van der Waals surface area contributed by atoms with Crippen LogP contribution in [-0.2, 0) is 10.0 Å². The summed E-state index contributed by atoms with van der Waals surface area (Å²) in [5, 5.41) is 10.9. The predicted molar refractivity (Wildman–Crippen MR) is 138 cm³/mol. The maximum atomic E-state index is 13.2. The second-order valence-electron chi connectivity index (χ2n) is 7.87. The van der Waals surface area contributed by atoms with E-state index < -0.39 is 15.9 Å². The Labute approximate surface area is 217 Å². The average molecular weight is 551 g/mol. The Balaban J connectivity index is 1.42. The first-order chi connectivity index (χ1) is 16.8. The van der Waals surface area contributed by atoms with Crippen LogP contribution in [0.4, 0.5) is 5.13 Å². The van der Waals surface area contributed by atoms with Crippen LogP contribution in [0, 0.1) is 0 Å². The third-order valence-electron chi connectivity index (χ3n) is 5.43. The highest BCUT2D eigenvalue weighted by Gasteiger charge is 2.28. The van der Waals surface area contributed by atoms with Gasteiger partial charge in [-0.15, -0.1) is 10.2 Å². The largest absolute Gasteiger partial charge is 0.296 e. The van der Waals surface area contributed by atoms with Gasteiger partial charge in [0, 0.05) is 24.2 Å². The maximum absolute atomic E-state index is 13.2. The minimum absolute atomic E-state index is 0.0318. The van der Waals surface area contributed by atoms with E-state index in [1.165, 1.54) is 34.3 Å². The van der Waals surface area contributed by atoms with Crippen LogP contribution in [0.3, 0.4) is 0 Å². The van der Waals surface area contributed by atoms with Crippen molar-refractivity contribution in [2.45, 2.75) is 34.9 Å². The van der Waals surface area contributed by atoms with Crippen molar-refractivity contribution in [2.24, 2.45) is 0 Å². The standard InChI is InChI=1S/C23H23ClN4O4S3/c24-18-11-10-17(14-20(18)35(31,32)28-12-6-1-2-7-13-28)21(30)25-22-26-27-23(34-22)33-15-19(29)16-8-4-3-5-9-16/h3-5,8-11,14H,1-2,6-7,12-13,15H2,(H,25,26,30). The molecule has 12 heteroatoms. The molecule has 1 amide bonds. The van der Waals surface area contributed by atoms with E-state index in [-0.39, 0.29) is 32.1 Å². The number of carbonyl (C=O) groups excluding carboxylic acids is 2. The van der Waals surface area contributed by atoms with E-state index >= 15 is 0 Å². The number of anilines is 1. The van der Waals surface area contributed by atoms with Gasteiger partial charge in [-0.05, 0) is 31.0 Å². The van der Waals surface area contributed by atoms with Gasteiger partial charge in [-0.2, -0.15) is 4.31 Å². The van der Waals surface area contributed by atoms with Gasteiger partial charge in [0.15, 0.2) is 10.1 Å². The number of rotatable bonds is 8. The zero-order valence-corrected chi connectivity index (χ0v) is 21.9. The van der Waals surface area contributed by atoms with Crippen molar-refractivity contribution in [3.05, 3.63) is 64.7 Å². The van der Waals surface area contributed by atoms with Gasteiger partial charge in [-0.3, -0.25) is 14.9 Å². The summed E-state index contributed by atoms with van der Waals surface area (Å²) in [7, 11) is -3.82. The minimum atomic E-state index is -3.82. The monoisotopic (exact) mass is 550 g/mol. The van der Waals surface area contributed by atoms with Gasteiger partial charge in [-0.25, -0.2) is 8.42 Å². The molecule has 1 aliphatic rings. The number of thioether (sulfide) groups is 1. The molecule has 4 rings (SSSR count). The number of nitrogens with zero attached hydrogens (tertiary/aromatic N) is 3. The highest BCUT2D eigenvalue weighted by molar-refractivity contribution is 8.01. The van der Waals surface area contributed by atoms with Gasteiger partial charge in [0.2, 0.25) is 15.2 Å². The van der Waals surface area contributed by atoms with Crippen LogP contribution in [-0.4, -0.2) is 53.5 Å². The molecule has 184 valence electrons. The van der Waals surface area contributed by atoms with Crippen LogP contribution in [0.15, 0.2) is 57.8 Å². The second kappa shape index (κ2) is 11.6. The molecule has 1 aromatic heterocycles. The molecule has 1 aliphatic heterocycles. The molecule has 1 saturated heterocycles. The van der Waals surface area contributed by atoms with E-state index in [4.69, 9.17) is 11.6 Å². The van der Waals surface area contributed by atoms with Gasteiger partial charge >= 0.3 is 0 Å². The fourth-order valence-electron chi connectivity index (χ4n) is 3.59. The molecule has 1 fully saturated rings. The molecule has 3 aromatic rings. The normalized spacial score (nSPS) is 14.9. The van der Waals surface area contributed by atoms with Crippen molar-refractivity contribution in [1.82, 2.24) is 14.5 Å². The number of sulfonamides is 1. The Morgan fingerprint density at radius 1 is 1.00 bits per heavy atom. The number of Topliss-reactive ketones (excluding diaryl/α,β-unsaturated/α-hetero) is 1. The zero-order valence-electron chi connectivity index (χ0n) is 18.6. The van der Waals surface area contributed by atoms with Gasteiger partial charge < -0.3 is 0 Å². The summed E-state index contributed by atoms with van der Waals surface area (Å²) >= 11 is 8.59. The number of halogens is 1. The lowest BCUT2D eigenvalue weighted by atomic mass is 10.2. The topological polar surface area (TPSA) is 109 Å². The number of hydrogen-bond donors (Lipinski definition) is 1. The fraction of sp³-hybridized carbons (Fsp3) is 0.304. The number of carbonyl (C=O) groups is 2. The molecular weight excluding hydrogens is 528 g/mol. The molecule has 1 N–H and O–H groups in total. The van der Waals surface area contributed by atoms with E-state index in [1.54, 1.807) is 24.3 Å². The second-order valence-corrected chi connectivity index (χ2v) is 12.4. The van der Waals surface area contributed by atoms with E-state index in [1.807, 2.05) is 6.07 Å². The maximum Gasteiger partial charge on any atom is 0.257 e. The Bertz CT molecular complexity index is 1310. The molecule has 0 bridgehead atoms. The molecule has 8 nitrogen and oxygen atoms in total. The summed E-state index contributed by atoms with van der Waals surface area (Å²) in [5.41, 5.74) is 0.762. The molecule has 2 heterocycles. The predicted octanol–water partition coefficient (Wildman–Crippen LogP) is 4.98. The number of amides is 1. The first-order valence-corrected chi connectivity index (χ1v) is 14.6. The molecule has 0 spiro atoms. The first kappa shape index (κ1) is 25.8. The average Bonchev–Trinajstić information content (AvgIpc) is 3.11. The summed E-state index contributed by atoms with van der Waals surface area (Å²) in [6.45, 7) is 0.875. The zero-order chi connectivity index (χ0) is 24.8. The Hall–Kier alpha value is -2.31. The van der Waals surface area contributed by atoms with E-state index in [0.717, 1.165) is 37.0 Å². The Morgan fingerprint density at radius 3 is 2.43 bits per heavy atom. The lowest BCUT2D eigenvalue weighted by Gasteiger charge is -2.21. The number of hydrogen-bond acceptors (Lipinski definition) is 8. The summed E-state index contributed by atoms with van der Waals surface area (Å²) < 4.78 is 28.3. The van der Waals surface area contributed by atoms with Crippen LogP contribution in [0.2, 0.25) is 5.02 Å². The van der Waals surface area contributed by atoms with Gasteiger partial charge in [0.25, 0.3) is 5.91 Å². The molecule has 0 atom stereocenters. The van der Waals surface area contributed by atoms with Gasteiger partial charge in [0.1, 0.15) is 4.90 Å². The first-order valence-electron chi connectivity index (χ1n) is 11.0. The minimum Gasteiger partial charge on any atom is -0.296 e. The van der Waals surface area contributed by atoms with Crippen LogP contribution >= 0.6 is 34.7 Å². The smallest absolute Gasteiger partial charge is 0.257 e. The van der Waals surface area contributed by atoms with Crippen LogP contribution in [0.1, 0.15) is 46.4 Å². The van der Waals surface area contributed by atoms with Crippen molar-refractivity contribution in [1.29, 1.82) is 0 Å². The highest BCUT2D eigenvalue weighted by Crippen LogP contribution is 2.29. The third-order valence-corrected chi connectivity index (χ3v) is 9.78. The van der Waals surface area contributed by atoms with Crippen LogP contribution in [0.5, 0.6) is 0 Å². The molecular formula is C23H23ClN4O4S3. The van der Waals surface area contributed by atoms with E-state index in [9.17, 15) is 18.0 Å². The summed E-state index contributed by atoms with van der Waals surface area (Å²) in [6, 6.07) is 13.1. The molecule has 0 aliphatic carbocycles. The number of nitrogens with one attached hydrogen (secondary N) is 1. The van der Waals surface area contributed by atoms with Crippen LogP contribution < -0.4 is 5.32 Å². The third kappa shape index (κ3) is 6.47. The van der Waals surface area contributed by atoms with Crippen molar-refractivity contribution in [3.8, 4) is 0 Å². The SMILES string of the molecule is O=C(CSc1nnc(NC(=O)c2ccc(Cl)c(S(=O)(=O)N3CCCCCC3)c2)s1)c1ccccc1. The number of ketones is 1. The van der Waals surface area contributed by atoms with Gasteiger partial charge in [0.05, 0.1) is 10.8 Å². The summed E-state index contributed by atoms with van der Waals surface area (Å²) in [6.07, 6.45) is 3.58. The van der Waals surface area contributed by atoms with Crippen molar-refractivity contribution in [2.75, 3.05) is 24.2 Å². The number of benzene rings is 2. The Morgan fingerprint density at radius 2 is 1.71 bits per heavy atom. The van der Waals surface area contributed by atoms with E-state index in [0.29, 0.717) is 23.0 Å². The van der Waals surface area contributed by atoms with Crippen molar-refractivity contribution in [3.63, 3.8) is 0 Å². The van der Waals surface area contributed by atoms with Crippen LogP contribution in [0.25, 0.3) is 0 Å². The highest BCUT2D eigenvalue weighted by atomic mass is 35.5. The van der Waals surface area contributed by atoms with Gasteiger partial charge in [-0.1, -0.05) is 77.9 Å². The van der Waals surface area contributed by atoms with Crippen molar-refractivity contribution >= 4 is 61.5 Å². The summed E-state index contributed by atoms with van der Waals surface area (Å²) in [5.74, 6) is -0.362. The number of aromatic nitrogens is 2. The fourth-order valence-corrected chi connectivity index (χ4v) is 7.24. The molecule has 0 radical (unpaired) electrons.